The predicted octanol–water partition coefficient (Wildman–Crippen LogP) is 3.20. The molecule has 1 aliphatic heterocycles. The largest absolute Gasteiger partial charge is 0.331 e. The third-order valence-electron chi connectivity index (χ3n) is 2.95. The second kappa shape index (κ2) is 5.18. The normalized spacial score (nSPS) is 23.4. The quantitative estimate of drug-likeness (QED) is 0.497. The topological polar surface area (TPSA) is 15.6 Å². The van der Waals surface area contributed by atoms with Gasteiger partial charge in [-0.1, -0.05) is 20.4 Å². The molecule has 0 radical (unpaired) electrons. The maximum absolute atomic E-state index is 4.39. The molecule has 0 bridgehead atoms. The molecule has 14 heavy (non-hydrogen) atoms. The highest BCUT2D eigenvalue weighted by atomic mass is 15.2. The summed E-state index contributed by atoms with van der Waals surface area (Å²) in [5.74, 6) is 1.22. The zero-order valence-electron chi connectivity index (χ0n) is 9.71. The van der Waals surface area contributed by atoms with Gasteiger partial charge in [-0.15, -0.1) is 0 Å². The molecule has 1 unspecified atom stereocenters. The van der Waals surface area contributed by atoms with E-state index in [1.165, 1.54) is 24.4 Å². The van der Waals surface area contributed by atoms with Crippen molar-refractivity contribution in [2.75, 3.05) is 7.05 Å². The van der Waals surface area contributed by atoms with Crippen LogP contribution in [0.15, 0.2) is 17.3 Å². The van der Waals surface area contributed by atoms with E-state index in [2.05, 4.69) is 30.3 Å². The molecule has 2 nitrogen and oxygen atoms in total. The van der Waals surface area contributed by atoms with Crippen LogP contribution >= 0.6 is 0 Å². The van der Waals surface area contributed by atoms with Gasteiger partial charge in [-0.05, 0) is 25.7 Å². The van der Waals surface area contributed by atoms with Crippen LogP contribution in [-0.4, -0.2) is 23.8 Å². The van der Waals surface area contributed by atoms with E-state index in [4.69, 9.17) is 0 Å². The molecule has 1 aliphatic rings. The Hall–Kier alpha value is -0.790. The van der Waals surface area contributed by atoms with E-state index in [0.29, 0.717) is 6.04 Å². The second-order valence-electron chi connectivity index (χ2n) is 3.93. The van der Waals surface area contributed by atoms with E-state index in [-0.39, 0.29) is 0 Å². The zero-order chi connectivity index (χ0) is 10.6. The van der Waals surface area contributed by atoms with Gasteiger partial charge in [0.15, 0.2) is 0 Å². The van der Waals surface area contributed by atoms with Gasteiger partial charge in [-0.2, -0.15) is 0 Å². The van der Waals surface area contributed by atoms with Crippen LogP contribution in [0.5, 0.6) is 0 Å². The third-order valence-corrected chi connectivity index (χ3v) is 2.95. The highest BCUT2D eigenvalue weighted by molar-refractivity contribution is 5.84. The smallest absolute Gasteiger partial charge is 0.103 e. The van der Waals surface area contributed by atoms with Gasteiger partial charge < -0.3 is 4.90 Å². The van der Waals surface area contributed by atoms with E-state index in [0.717, 1.165) is 19.3 Å². The molecule has 0 aliphatic carbocycles. The minimum Gasteiger partial charge on any atom is -0.331 e. The molecule has 80 valence electrons. The van der Waals surface area contributed by atoms with Crippen LogP contribution in [0.2, 0.25) is 0 Å². The van der Waals surface area contributed by atoms with Crippen molar-refractivity contribution in [3.63, 3.8) is 0 Å². The number of amidine groups is 1. The minimum absolute atomic E-state index is 0.646. The first-order valence-corrected chi connectivity index (χ1v) is 5.67. The van der Waals surface area contributed by atoms with Crippen molar-refractivity contribution in [1.82, 2.24) is 4.90 Å². The molecule has 1 heterocycles. The summed E-state index contributed by atoms with van der Waals surface area (Å²) in [6, 6.07) is 0.646. The molecular formula is C12H22N2. The van der Waals surface area contributed by atoms with Gasteiger partial charge in [-0.3, -0.25) is 4.99 Å². The number of rotatable bonds is 3. The first-order valence-electron chi connectivity index (χ1n) is 5.67. The maximum atomic E-state index is 4.39. The van der Waals surface area contributed by atoms with Crippen LogP contribution in [0.4, 0.5) is 0 Å². The summed E-state index contributed by atoms with van der Waals surface area (Å²) in [4.78, 5) is 6.75. The molecule has 0 amide bonds. The highest BCUT2D eigenvalue weighted by Gasteiger charge is 2.28. The molecule has 0 aromatic heterocycles. The fraction of sp³-hybridized carbons (Fsp3) is 0.750. The molecule has 0 aromatic rings. The monoisotopic (exact) mass is 194 g/mol. The summed E-state index contributed by atoms with van der Waals surface area (Å²) in [7, 11) is 1.89. The van der Waals surface area contributed by atoms with Crippen molar-refractivity contribution in [1.29, 1.82) is 0 Å². The Bertz CT molecular complexity index is 230. The van der Waals surface area contributed by atoms with Gasteiger partial charge in [0.1, 0.15) is 5.84 Å². The van der Waals surface area contributed by atoms with Crippen LogP contribution < -0.4 is 0 Å². The van der Waals surface area contributed by atoms with E-state index in [9.17, 15) is 0 Å². The van der Waals surface area contributed by atoms with E-state index in [1.807, 2.05) is 7.05 Å². The predicted molar refractivity (Wildman–Crippen MR) is 62.6 cm³/mol. The van der Waals surface area contributed by atoms with Crippen LogP contribution in [-0.2, 0) is 0 Å². The summed E-state index contributed by atoms with van der Waals surface area (Å²) in [5.41, 5.74) is 1.26. The fourth-order valence-corrected chi connectivity index (χ4v) is 2.18. The molecule has 1 saturated heterocycles. The van der Waals surface area contributed by atoms with Crippen molar-refractivity contribution in [2.24, 2.45) is 4.99 Å². The Morgan fingerprint density at radius 2 is 2.29 bits per heavy atom. The number of hydrogen-bond donors (Lipinski definition) is 0. The molecule has 1 atom stereocenters. The zero-order valence-corrected chi connectivity index (χ0v) is 9.71. The lowest BCUT2D eigenvalue weighted by atomic mass is 10.1. The standard InChI is InChI=1S/C12H22N2/c1-5-7-12(13-4)14-10(3)8-9-11(14)6-2/h11H,3,5-9H2,1-2,4H3. The third kappa shape index (κ3) is 2.17. The lowest BCUT2D eigenvalue weighted by Crippen LogP contribution is -2.33. The molecule has 1 fully saturated rings. The Balaban J connectivity index is 2.76. The minimum atomic E-state index is 0.646. The van der Waals surface area contributed by atoms with Gasteiger partial charge in [-0.25, -0.2) is 0 Å². The van der Waals surface area contributed by atoms with Crippen LogP contribution in [0.3, 0.4) is 0 Å². The number of likely N-dealkylation sites (tertiary alicyclic amines) is 1. The first kappa shape index (κ1) is 11.3. The highest BCUT2D eigenvalue weighted by Crippen LogP contribution is 2.29. The summed E-state index contributed by atoms with van der Waals surface area (Å²) < 4.78 is 0. The Kier molecular flexibility index (Phi) is 4.18. The molecule has 1 rings (SSSR count). The Morgan fingerprint density at radius 3 is 2.79 bits per heavy atom. The van der Waals surface area contributed by atoms with E-state index < -0.39 is 0 Å². The van der Waals surface area contributed by atoms with Gasteiger partial charge >= 0.3 is 0 Å². The summed E-state index contributed by atoms with van der Waals surface area (Å²) in [5, 5.41) is 0. The summed E-state index contributed by atoms with van der Waals surface area (Å²) in [6.07, 6.45) is 5.82. The molecule has 0 spiro atoms. The molecule has 0 saturated carbocycles. The van der Waals surface area contributed by atoms with Crippen molar-refractivity contribution < 1.29 is 0 Å². The van der Waals surface area contributed by atoms with Crippen LogP contribution in [0, 0.1) is 0 Å². The number of hydrogen-bond acceptors (Lipinski definition) is 1. The second-order valence-corrected chi connectivity index (χ2v) is 3.93. The van der Waals surface area contributed by atoms with E-state index >= 15 is 0 Å². The van der Waals surface area contributed by atoms with Crippen molar-refractivity contribution in [3.05, 3.63) is 12.3 Å². The number of aliphatic imine (C=N–C) groups is 1. The van der Waals surface area contributed by atoms with Gasteiger partial charge in [0.05, 0.1) is 0 Å². The number of allylic oxidation sites excluding steroid dienone is 1. The van der Waals surface area contributed by atoms with E-state index in [1.54, 1.807) is 0 Å². The Labute approximate surface area is 87.7 Å². The molecule has 0 aromatic carbocycles. The summed E-state index contributed by atoms with van der Waals surface area (Å²) in [6.45, 7) is 8.57. The van der Waals surface area contributed by atoms with Gasteiger partial charge in [0.25, 0.3) is 0 Å². The van der Waals surface area contributed by atoms with Crippen LogP contribution in [0.25, 0.3) is 0 Å². The van der Waals surface area contributed by atoms with Crippen molar-refractivity contribution >= 4 is 5.84 Å². The SMILES string of the molecule is C=C1CCC(CC)N1C(CCC)=NC. The van der Waals surface area contributed by atoms with Gasteiger partial charge in [0, 0.05) is 25.2 Å². The molecular weight excluding hydrogens is 172 g/mol. The molecule has 0 N–H and O–H groups in total. The lowest BCUT2D eigenvalue weighted by Gasteiger charge is -2.27. The van der Waals surface area contributed by atoms with Gasteiger partial charge in [0.2, 0.25) is 0 Å². The number of nitrogens with zero attached hydrogens (tertiary/aromatic N) is 2. The summed E-state index contributed by atoms with van der Waals surface area (Å²) >= 11 is 0. The average molecular weight is 194 g/mol. The molecule has 2 heteroatoms. The van der Waals surface area contributed by atoms with Crippen molar-refractivity contribution in [3.8, 4) is 0 Å². The van der Waals surface area contributed by atoms with Crippen LogP contribution in [0.1, 0.15) is 46.0 Å². The fourth-order valence-electron chi connectivity index (χ4n) is 2.18. The Morgan fingerprint density at radius 1 is 1.57 bits per heavy atom. The first-order chi connectivity index (χ1) is 6.74. The maximum Gasteiger partial charge on any atom is 0.103 e. The van der Waals surface area contributed by atoms with Crippen molar-refractivity contribution in [2.45, 2.75) is 52.0 Å². The average Bonchev–Trinajstić information content (AvgIpc) is 2.56. The lowest BCUT2D eigenvalue weighted by molar-refractivity contribution is 0.408.